The lowest BCUT2D eigenvalue weighted by atomic mass is 10.1. The van der Waals surface area contributed by atoms with Crippen molar-refractivity contribution in [3.63, 3.8) is 0 Å². The molecule has 5 heteroatoms. The molecule has 1 atom stereocenters. The zero-order valence-corrected chi connectivity index (χ0v) is 12.0. The molecule has 0 radical (unpaired) electrons. The van der Waals surface area contributed by atoms with Gasteiger partial charge in [0.1, 0.15) is 5.82 Å². The first-order valence-electron chi connectivity index (χ1n) is 5.78. The standard InChI is InChI=1S/C13H18BrFO3/c1-16-6-7-17-8-9-18-13(10-14)11-4-2-3-5-12(11)15/h2-5,13H,6-10H2,1H3. The normalized spacial score (nSPS) is 12.6. The van der Waals surface area contributed by atoms with Crippen molar-refractivity contribution in [3.8, 4) is 0 Å². The van der Waals surface area contributed by atoms with Crippen molar-refractivity contribution in [1.29, 1.82) is 0 Å². The van der Waals surface area contributed by atoms with Crippen LogP contribution in [-0.2, 0) is 14.2 Å². The molecule has 0 aliphatic heterocycles. The number of ether oxygens (including phenoxy) is 3. The van der Waals surface area contributed by atoms with Crippen molar-refractivity contribution in [1.82, 2.24) is 0 Å². The molecule has 0 fully saturated rings. The van der Waals surface area contributed by atoms with Crippen LogP contribution in [0.25, 0.3) is 0 Å². The fraction of sp³-hybridized carbons (Fsp3) is 0.538. The summed E-state index contributed by atoms with van der Waals surface area (Å²) in [6.45, 7) is 2.00. The van der Waals surface area contributed by atoms with Gasteiger partial charge >= 0.3 is 0 Å². The third-order valence-electron chi connectivity index (χ3n) is 2.37. The van der Waals surface area contributed by atoms with Gasteiger partial charge in [-0.25, -0.2) is 4.39 Å². The summed E-state index contributed by atoms with van der Waals surface area (Å²) in [5.74, 6) is -0.248. The summed E-state index contributed by atoms with van der Waals surface area (Å²) < 4.78 is 29.3. The number of hydrogen-bond acceptors (Lipinski definition) is 3. The van der Waals surface area contributed by atoms with Crippen LogP contribution in [0.1, 0.15) is 11.7 Å². The van der Waals surface area contributed by atoms with E-state index in [1.165, 1.54) is 6.07 Å². The molecule has 0 aliphatic carbocycles. The van der Waals surface area contributed by atoms with E-state index in [0.29, 0.717) is 37.3 Å². The monoisotopic (exact) mass is 320 g/mol. The van der Waals surface area contributed by atoms with Crippen LogP contribution < -0.4 is 0 Å². The maximum Gasteiger partial charge on any atom is 0.129 e. The summed E-state index contributed by atoms with van der Waals surface area (Å²) in [6, 6.07) is 6.63. The van der Waals surface area contributed by atoms with Crippen LogP contribution in [0, 0.1) is 5.82 Å². The Bertz CT molecular complexity index is 336. The zero-order valence-electron chi connectivity index (χ0n) is 10.4. The molecule has 0 spiro atoms. The van der Waals surface area contributed by atoms with Crippen LogP contribution in [0.3, 0.4) is 0 Å². The molecule has 1 unspecified atom stereocenters. The molecule has 0 saturated carbocycles. The first-order chi connectivity index (χ1) is 8.79. The molecule has 18 heavy (non-hydrogen) atoms. The molecule has 0 aliphatic rings. The molecule has 0 amide bonds. The number of rotatable bonds is 9. The van der Waals surface area contributed by atoms with Crippen LogP contribution in [0.15, 0.2) is 24.3 Å². The van der Waals surface area contributed by atoms with Crippen LogP contribution in [0.5, 0.6) is 0 Å². The quantitative estimate of drug-likeness (QED) is 0.517. The summed E-state index contributed by atoms with van der Waals surface area (Å²) in [6.07, 6.45) is -0.294. The molecule has 0 N–H and O–H groups in total. The summed E-state index contributed by atoms with van der Waals surface area (Å²) in [7, 11) is 1.62. The molecule has 0 bridgehead atoms. The Kier molecular flexibility index (Phi) is 8.17. The number of benzene rings is 1. The molecular formula is C13H18BrFO3. The van der Waals surface area contributed by atoms with E-state index in [1.807, 2.05) is 0 Å². The molecule has 1 aromatic rings. The Balaban J connectivity index is 2.32. The second-order valence-corrected chi connectivity index (χ2v) is 4.29. The molecule has 0 aromatic heterocycles. The first kappa shape index (κ1) is 15.6. The van der Waals surface area contributed by atoms with Crippen molar-refractivity contribution in [2.75, 3.05) is 38.9 Å². The Morgan fingerprint density at radius 1 is 1.17 bits per heavy atom. The van der Waals surface area contributed by atoms with Gasteiger partial charge < -0.3 is 14.2 Å². The first-order valence-corrected chi connectivity index (χ1v) is 6.90. The van der Waals surface area contributed by atoms with Gasteiger partial charge in [0.25, 0.3) is 0 Å². The SMILES string of the molecule is COCCOCCOC(CBr)c1ccccc1F. The highest BCUT2D eigenvalue weighted by Crippen LogP contribution is 2.22. The molecular weight excluding hydrogens is 303 g/mol. The molecule has 102 valence electrons. The van der Waals surface area contributed by atoms with E-state index < -0.39 is 0 Å². The van der Waals surface area contributed by atoms with Crippen LogP contribution in [0.4, 0.5) is 4.39 Å². The minimum atomic E-state index is -0.294. The lowest BCUT2D eigenvalue weighted by Gasteiger charge is -2.16. The average molecular weight is 321 g/mol. The summed E-state index contributed by atoms with van der Waals surface area (Å²) in [5.41, 5.74) is 0.561. The minimum absolute atomic E-state index is 0.248. The largest absolute Gasteiger partial charge is 0.382 e. The van der Waals surface area contributed by atoms with Crippen LogP contribution in [-0.4, -0.2) is 38.9 Å². The van der Waals surface area contributed by atoms with Crippen molar-refractivity contribution < 1.29 is 18.6 Å². The van der Waals surface area contributed by atoms with E-state index in [0.717, 1.165) is 0 Å². The maximum absolute atomic E-state index is 13.6. The third-order valence-corrected chi connectivity index (χ3v) is 2.96. The Morgan fingerprint density at radius 2 is 1.89 bits per heavy atom. The second-order valence-electron chi connectivity index (χ2n) is 3.64. The highest BCUT2D eigenvalue weighted by molar-refractivity contribution is 9.09. The molecule has 1 aromatic carbocycles. The van der Waals surface area contributed by atoms with E-state index >= 15 is 0 Å². The van der Waals surface area contributed by atoms with Crippen molar-refractivity contribution in [2.24, 2.45) is 0 Å². The van der Waals surface area contributed by atoms with Crippen molar-refractivity contribution in [2.45, 2.75) is 6.10 Å². The van der Waals surface area contributed by atoms with E-state index in [1.54, 1.807) is 25.3 Å². The Morgan fingerprint density at radius 3 is 2.56 bits per heavy atom. The zero-order chi connectivity index (χ0) is 13.2. The minimum Gasteiger partial charge on any atom is -0.382 e. The fourth-order valence-corrected chi connectivity index (χ4v) is 1.98. The highest BCUT2D eigenvalue weighted by atomic mass is 79.9. The van der Waals surface area contributed by atoms with Crippen molar-refractivity contribution in [3.05, 3.63) is 35.6 Å². The highest BCUT2D eigenvalue weighted by Gasteiger charge is 2.14. The van der Waals surface area contributed by atoms with Crippen LogP contribution in [0.2, 0.25) is 0 Å². The molecule has 0 heterocycles. The number of alkyl halides is 1. The van der Waals surface area contributed by atoms with Gasteiger partial charge in [-0.1, -0.05) is 34.1 Å². The molecule has 0 saturated heterocycles. The van der Waals surface area contributed by atoms with Gasteiger partial charge in [0, 0.05) is 18.0 Å². The molecule has 1 rings (SSSR count). The van der Waals surface area contributed by atoms with Gasteiger partial charge in [0.05, 0.1) is 32.5 Å². The van der Waals surface area contributed by atoms with E-state index in [9.17, 15) is 4.39 Å². The summed E-state index contributed by atoms with van der Waals surface area (Å²) in [4.78, 5) is 0. The lowest BCUT2D eigenvalue weighted by Crippen LogP contribution is -2.13. The number of hydrogen-bond donors (Lipinski definition) is 0. The number of halogens is 2. The predicted molar refractivity (Wildman–Crippen MR) is 71.6 cm³/mol. The van der Waals surface area contributed by atoms with Crippen LogP contribution >= 0.6 is 15.9 Å². The van der Waals surface area contributed by atoms with Crippen molar-refractivity contribution >= 4 is 15.9 Å². The summed E-state index contributed by atoms with van der Waals surface area (Å²) in [5, 5.41) is 0.548. The van der Waals surface area contributed by atoms with E-state index in [2.05, 4.69) is 15.9 Å². The number of methoxy groups -OCH3 is 1. The topological polar surface area (TPSA) is 27.7 Å². The predicted octanol–water partition coefficient (Wildman–Crippen LogP) is 2.94. The van der Waals surface area contributed by atoms with Gasteiger partial charge in [0.15, 0.2) is 0 Å². The Hall–Kier alpha value is -0.490. The Labute approximate surface area is 115 Å². The lowest BCUT2D eigenvalue weighted by molar-refractivity contribution is -0.000217. The van der Waals surface area contributed by atoms with E-state index in [-0.39, 0.29) is 11.9 Å². The van der Waals surface area contributed by atoms with E-state index in [4.69, 9.17) is 14.2 Å². The summed E-state index contributed by atoms with van der Waals surface area (Å²) >= 11 is 3.33. The fourth-order valence-electron chi connectivity index (χ4n) is 1.45. The average Bonchev–Trinajstić information content (AvgIpc) is 2.39. The van der Waals surface area contributed by atoms with Gasteiger partial charge in [-0.3, -0.25) is 0 Å². The van der Waals surface area contributed by atoms with Gasteiger partial charge in [-0.05, 0) is 6.07 Å². The smallest absolute Gasteiger partial charge is 0.129 e. The van der Waals surface area contributed by atoms with Gasteiger partial charge in [-0.2, -0.15) is 0 Å². The maximum atomic E-state index is 13.6. The second kappa shape index (κ2) is 9.44. The van der Waals surface area contributed by atoms with Gasteiger partial charge in [0.2, 0.25) is 0 Å². The third kappa shape index (κ3) is 5.44. The molecule has 3 nitrogen and oxygen atoms in total. The van der Waals surface area contributed by atoms with Gasteiger partial charge in [-0.15, -0.1) is 0 Å².